The predicted molar refractivity (Wildman–Crippen MR) is 129 cm³/mol. The van der Waals surface area contributed by atoms with Crippen LogP contribution in [0.3, 0.4) is 0 Å². The molecule has 0 heterocycles. The van der Waals surface area contributed by atoms with Crippen molar-refractivity contribution < 1.29 is 14.0 Å². The molecule has 0 amide bonds. The summed E-state index contributed by atoms with van der Waals surface area (Å²) >= 11 is 10.4. The van der Waals surface area contributed by atoms with E-state index in [0.29, 0.717) is 11.5 Å². The Balaban J connectivity index is 1.84. The van der Waals surface area contributed by atoms with Gasteiger partial charge in [0.1, 0.15) is 17.2 Å². The van der Waals surface area contributed by atoms with Crippen LogP contribution in [-0.4, -0.2) is 7.32 Å². The summed E-state index contributed by atoms with van der Waals surface area (Å²) in [4.78, 5) is 0. The van der Waals surface area contributed by atoms with E-state index in [4.69, 9.17) is 14.0 Å². The van der Waals surface area contributed by atoms with Gasteiger partial charge < -0.3 is 14.0 Å². The predicted octanol–water partition coefficient (Wildman–Crippen LogP) is 7.84. The number of hydrogen-bond acceptors (Lipinski definition) is 3. The second kappa shape index (κ2) is 11.1. The highest BCUT2D eigenvalue weighted by atomic mass is 79.9. The molecular weight excluding hydrogens is 563 g/mol. The van der Waals surface area contributed by atoms with Gasteiger partial charge in [0.25, 0.3) is 0 Å². The number of benzene rings is 3. The summed E-state index contributed by atoms with van der Waals surface area (Å²) in [5, 5.41) is 0. The molecule has 3 aromatic carbocycles. The largest absolute Gasteiger partial charge is 0.864 e. The SMILES string of the molecule is CCCCc1cc(Br)ccc1OB(Oc1ccc(Br)cc1)Oc1ccc(Br)cc1. The Morgan fingerprint density at radius 3 is 1.72 bits per heavy atom. The average molecular weight is 583 g/mol. The van der Waals surface area contributed by atoms with Crippen LogP contribution in [0.2, 0.25) is 0 Å². The van der Waals surface area contributed by atoms with Crippen LogP contribution in [0.4, 0.5) is 0 Å². The lowest BCUT2D eigenvalue weighted by Gasteiger charge is -2.19. The number of aryl methyl sites for hydroxylation is 1. The summed E-state index contributed by atoms with van der Waals surface area (Å²) in [6.45, 7) is 2.18. The maximum Gasteiger partial charge on any atom is 0.864 e. The summed E-state index contributed by atoms with van der Waals surface area (Å²) in [5.41, 5.74) is 1.12. The van der Waals surface area contributed by atoms with Crippen molar-refractivity contribution in [2.75, 3.05) is 0 Å². The van der Waals surface area contributed by atoms with Gasteiger partial charge in [-0.15, -0.1) is 0 Å². The third kappa shape index (κ3) is 7.09. The molecule has 0 spiro atoms. The van der Waals surface area contributed by atoms with Crippen LogP contribution in [0.1, 0.15) is 25.3 Å². The van der Waals surface area contributed by atoms with E-state index in [1.165, 1.54) is 0 Å². The Morgan fingerprint density at radius 2 is 1.21 bits per heavy atom. The molecule has 3 nitrogen and oxygen atoms in total. The van der Waals surface area contributed by atoms with Gasteiger partial charge in [0.2, 0.25) is 0 Å². The van der Waals surface area contributed by atoms with Crippen molar-refractivity contribution in [1.29, 1.82) is 0 Å². The monoisotopic (exact) mass is 580 g/mol. The van der Waals surface area contributed by atoms with Crippen LogP contribution in [-0.2, 0) is 6.42 Å². The fourth-order valence-electron chi connectivity index (χ4n) is 2.65. The van der Waals surface area contributed by atoms with Gasteiger partial charge in [-0.2, -0.15) is 0 Å². The molecule has 0 bridgehead atoms. The van der Waals surface area contributed by atoms with Crippen LogP contribution in [0.25, 0.3) is 0 Å². The number of rotatable bonds is 9. The van der Waals surface area contributed by atoms with E-state index in [2.05, 4.69) is 60.8 Å². The molecule has 3 aromatic rings. The first-order chi connectivity index (χ1) is 14.0. The summed E-state index contributed by atoms with van der Waals surface area (Å²) in [7, 11) is -0.932. The van der Waals surface area contributed by atoms with Gasteiger partial charge in [-0.25, -0.2) is 0 Å². The lowest BCUT2D eigenvalue weighted by molar-refractivity contribution is 0.306. The van der Waals surface area contributed by atoms with E-state index in [1.807, 2.05) is 60.7 Å². The highest BCUT2D eigenvalue weighted by Crippen LogP contribution is 2.27. The molecule has 0 aliphatic heterocycles. The maximum atomic E-state index is 6.18. The van der Waals surface area contributed by atoms with Crippen LogP contribution in [0, 0.1) is 0 Å². The zero-order chi connectivity index (χ0) is 20.6. The van der Waals surface area contributed by atoms with E-state index in [0.717, 1.165) is 44.0 Å². The highest BCUT2D eigenvalue weighted by Gasteiger charge is 2.31. The summed E-state index contributed by atoms with van der Waals surface area (Å²) in [6, 6.07) is 21.1. The van der Waals surface area contributed by atoms with Crippen molar-refractivity contribution >= 4 is 55.1 Å². The lowest BCUT2D eigenvalue weighted by Crippen LogP contribution is -2.37. The van der Waals surface area contributed by atoms with Gasteiger partial charge in [-0.05, 0) is 85.1 Å². The molecular formula is C22H20BBr3O3. The number of hydrogen-bond donors (Lipinski definition) is 0. The van der Waals surface area contributed by atoms with E-state index >= 15 is 0 Å². The van der Waals surface area contributed by atoms with Gasteiger partial charge in [0.15, 0.2) is 0 Å². The second-order valence-corrected chi connectivity index (χ2v) is 9.15. The van der Waals surface area contributed by atoms with E-state index in [9.17, 15) is 0 Å². The normalized spacial score (nSPS) is 10.5. The van der Waals surface area contributed by atoms with Crippen molar-refractivity contribution in [2.24, 2.45) is 0 Å². The maximum absolute atomic E-state index is 6.18. The van der Waals surface area contributed by atoms with Crippen molar-refractivity contribution in [2.45, 2.75) is 26.2 Å². The zero-order valence-electron chi connectivity index (χ0n) is 15.9. The molecule has 0 radical (unpaired) electrons. The molecule has 0 unspecified atom stereocenters. The fourth-order valence-corrected chi connectivity index (χ4v) is 3.59. The molecule has 0 fully saturated rings. The Kier molecular flexibility index (Phi) is 8.51. The first kappa shape index (κ1) is 22.3. The third-order valence-electron chi connectivity index (χ3n) is 4.14. The Bertz CT molecular complexity index is 870. The first-order valence-electron chi connectivity index (χ1n) is 9.33. The molecule has 0 N–H and O–H groups in total. The third-order valence-corrected chi connectivity index (χ3v) is 5.69. The molecule has 7 heteroatoms. The molecule has 0 aromatic heterocycles. The second-order valence-electron chi connectivity index (χ2n) is 6.41. The van der Waals surface area contributed by atoms with Gasteiger partial charge in [0, 0.05) is 13.4 Å². The van der Waals surface area contributed by atoms with Crippen LogP contribution >= 0.6 is 47.8 Å². The Labute approximate surface area is 197 Å². The fraction of sp³-hybridized carbons (Fsp3) is 0.182. The van der Waals surface area contributed by atoms with Gasteiger partial charge >= 0.3 is 7.32 Å². The van der Waals surface area contributed by atoms with Crippen molar-refractivity contribution in [3.05, 3.63) is 85.7 Å². The molecule has 0 aliphatic carbocycles. The smallest absolute Gasteiger partial charge is 0.490 e. The summed E-state index contributed by atoms with van der Waals surface area (Å²) < 4.78 is 21.2. The standard InChI is InChI=1S/C22H20BBr3O3/c1-2-3-4-16-15-19(26)9-14-22(16)29-23(27-20-10-5-17(24)6-11-20)28-21-12-7-18(25)8-13-21/h5-15H,2-4H2,1H3. The van der Waals surface area contributed by atoms with Gasteiger partial charge in [0.05, 0.1) is 0 Å². The van der Waals surface area contributed by atoms with Crippen LogP contribution in [0.15, 0.2) is 80.1 Å². The molecule has 29 heavy (non-hydrogen) atoms. The minimum Gasteiger partial charge on any atom is -0.490 e. The van der Waals surface area contributed by atoms with E-state index < -0.39 is 7.32 Å². The Hall–Kier alpha value is -1.44. The van der Waals surface area contributed by atoms with Crippen molar-refractivity contribution in [1.82, 2.24) is 0 Å². The molecule has 0 saturated carbocycles. The number of halogens is 3. The molecule has 3 rings (SSSR count). The summed E-state index contributed by atoms with van der Waals surface area (Å²) in [5.74, 6) is 2.06. The topological polar surface area (TPSA) is 27.7 Å². The van der Waals surface area contributed by atoms with Crippen molar-refractivity contribution in [3.63, 3.8) is 0 Å². The molecule has 0 atom stereocenters. The van der Waals surface area contributed by atoms with Gasteiger partial charge in [-0.3, -0.25) is 0 Å². The molecule has 0 aliphatic rings. The minimum atomic E-state index is -0.932. The number of unbranched alkanes of at least 4 members (excludes halogenated alkanes) is 1. The Morgan fingerprint density at radius 1 is 0.690 bits per heavy atom. The zero-order valence-corrected chi connectivity index (χ0v) is 20.7. The van der Waals surface area contributed by atoms with E-state index in [1.54, 1.807) is 0 Å². The minimum absolute atomic E-state index is 0.655. The van der Waals surface area contributed by atoms with Crippen LogP contribution in [0.5, 0.6) is 17.2 Å². The quantitative estimate of drug-likeness (QED) is 0.241. The molecule has 0 saturated heterocycles. The molecule has 150 valence electrons. The highest BCUT2D eigenvalue weighted by molar-refractivity contribution is 9.11. The summed E-state index contributed by atoms with van der Waals surface area (Å²) in [6.07, 6.45) is 3.12. The van der Waals surface area contributed by atoms with Gasteiger partial charge in [-0.1, -0.05) is 61.1 Å². The van der Waals surface area contributed by atoms with E-state index in [-0.39, 0.29) is 0 Å². The van der Waals surface area contributed by atoms with Crippen LogP contribution < -0.4 is 14.0 Å². The first-order valence-corrected chi connectivity index (χ1v) is 11.7. The lowest BCUT2D eigenvalue weighted by atomic mass is 10.1. The van der Waals surface area contributed by atoms with Crippen molar-refractivity contribution in [3.8, 4) is 17.2 Å². The average Bonchev–Trinajstić information content (AvgIpc) is 2.71.